The molecule has 0 aliphatic carbocycles. The molecule has 0 saturated carbocycles. The summed E-state index contributed by atoms with van der Waals surface area (Å²) < 4.78 is -0.212. The van der Waals surface area contributed by atoms with E-state index >= 15 is 0 Å². The van der Waals surface area contributed by atoms with Crippen LogP contribution in [0.2, 0.25) is 0 Å². The molecule has 0 aromatic heterocycles. The minimum absolute atomic E-state index is 0.212. The fraction of sp³-hybridized carbons (Fsp3) is 0.200. The summed E-state index contributed by atoms with van der Waals surface area (Å²) in [7, 11) is 0. The number of halogens is 1. The van der Waals surface area contributed by atoms with Crippen molar-refractivity contribution in [2.75, 3.05) is 0 Å². The maximum Gasteiger partial charge on any atom is 0.281 e. The second-order valence-electron chi connectivity index (χ2n) is 2.85. The maximum absolute atomic E-state index is 10.7. The first-order chi connectivity index (χ1) is 6.72. The van der Waals surface area contributed by atoms with E-state index in [2.05, 4.69) is 5.32 Å². The molecule has 0 bridgehead atoms. The van der Waals surface area contributed by atoms with Crippen LogP contribution >= 0.6 is 22.6 Å². The van der Waals surface area contributed by atoms with Crippen molar-refractivity contribution in [1.82, 2.24) is 5.32 Å². The number of hydrogen-bond donors (Lipinski definition) is 1. The molecule has 0 heterocycles. The van der Waals surface area contributed by atoms with E-state index in [4.69, 9.17) is 0 Å². The Morgan fingerprint density at radius 3 is 2.57 bits per heavy atom. The molecule has 0 saturated heterocycles. The van der Waals surface area contributed by atoms with E-state index in [0.717, 1.165) is 11.8 Å². The Labute approximate surface area is 96.0 Å². The normalized spacial score (nSPS) is 11.8. The van der Waals surface area contributed by atoms with E-state index in [1.807, 2.05) is 30.3 Å². The Morgan fingerprint density at radius 2 is 2.07 bits per heavy atom. The van der Waals surface area contributed by atoms with Crippen molar-refractivity contribution >= 4 is 32.8 Å². The predicted octanol–water partition coefficient (Wildman–Crippen LogP) is 1.94. The highest BCUT2D eigenvalue weighted by Crippen LogP contribution is 2.02. The molecule has 14 heavy (non-hydrogen) atoms. The first-order valence-corrected chi connectivity index (χ1v) is 5.25. The first kappa shape index (κ1) is 11.2. The Morgan fingerprint density at radius 1 is 1.43 bits per heavy atom. The van der Waals surface area contributed by atoms with Gasteiger partial charge in [-0.1, -0.05) is 30.3 Å². The van der Waals surface area contributed by atoms with Crippen LogP contribution in [0.1, 0.15) is 5.56 Å². The van der Waals surface area contributed by atoms with Gasteiger partial charge in [-0.15, -0.1) is 0 Å². The molecule has 74 valence electrons. The lowest BCUT2D eigenvalue weighted by molar-refractivity contribution is -0.109. The van der Waals surface area contributed by atoms with Crippen LogP contribution in [-0.4, -0.2) is 16.2 Å². The highest BCUT2D eigenvalue weighted by Gasteiger charge is 2.09. The zero-order chi connectivity index (χ0) is 10.4. The van der Waals surface area contributed by atoms with Crippen LogP contribution in [0.5, 0.6) is 0 Å². The predicted molar refractivity (Wildman–Crippen MR) is 62.5 cm³/mol. The lowest BCUT2D eigenvalue weighted by Crippen LogP contribution is -2.33. The molecule has 0 unspecified atom stereocenters. The number of amides is 1. The van der Waals surface area contributed by atoms with Gasteiger partial charge in [0.2, 0.25) is 0 Å². The van der Waals surface area contributed by atoms with Crippen LogP contribution < -0.4 is 5.32 Å². The summed E-state index contributed by atoms with van der Waals surface area (Å²) in [5, 5.41) is 2.56. The lowest BCUT2D eigenvalue weighted by Gasteiger charge is -2.09. The standard InChI is InChI=1S/C10H10INO2/c11-10(14)12-9(7-13)6-8-4-2-1-3-5-8/h1-5,7,9H,6H2,(H,12,14)/t9-/m0/s1. The Kier molecular flexibility index (Phi) is 4.58. The van der Waals surface area contributed by atoms with Crippen LogP contribution in [0, 0.1) is 0 Å². The van der Waals surface area contributed by atoms with Gasteiger partial charge in [-0.2, -0.15) is 0 Å². The third-order valence-corrected chi connectivity index (χ3v) is 2.07. The minimum atomic E-state index is -0.429. The summed E-state index contributed by atoms with van der Waals surface area (Å²) in [6.07, 6.45) is 1.29. The highest BCUT2D eigenvalue weighted by atomic mass is 127. The Hall–Kier alpha value is -0.910. The van der Waals surface area contributed by atoms with Gasteiger partial charge in [-0.05, 0) is 12.0 Å². The SMILES string of the molecule is O=C[C@H](Cc1ccccc1)NC(=O)I. The smallest absolute Gasteiger partial charge is 0.281 e. The molecule has 4 heteroatoms. The zero-order valence-electron chi connectivity index (χ0n) is 7.44. The molecule has 1 rings (SSSR count). The number of carbonyl (C=O) groups is 2. The van der Waals surface area contributed by atoms with Gasteiger partial charge in [0, 0.05) is 22.6 Å². The third kappa shape index (κ3) is 3.87. The van der Waals surface area contributed by atoms with Gasteiger partial charge in [0.05, 0.1) is 6.04 Å². The quantitative estimate of drug-likeness (QED) is 0.400. The monoisotopic (exact) mass is 303 g/mol. The average molecular weight is 303 g/mol. The van der Waals surface area contributed by atoms with Crippen molar-refractivity contribution in [2.24, 2.45) is 0 Å². The molecule has 0 aliphatic rings. The molecule has 1 N–H and O–H groups in total. The topological polar surface area (TPSA) is 46.2 Å². The van der Waals surface area contributed by atoms with Crippen molar-refractivity contribution in [2.45, 2.75) is 12.5 Å². The number of rotatable bonds is 4. The third-order valence-electron chi connectivity index (χ3n) is 1.76. The van der Waals surface area contributed by atoms with Crippen molar-refractivity contribution in [3.05, 3.63) is 35.9 Å². The van der Waals surface area contributed by atoms with Gasteiger partial charge in [0.1, 0.15) is 6.29 Å². The Bertz CT molecular complexity index is 313. The molecular weight excluding hydrogens is 293 g/mol. The molecule has 0 aliphatic heterocycles. The second kappa shape index (κ2) is 5.74. The molecular formula is C10H10INO2. The van der Waals surface area contributed by atoms with E-state index in [-0.39, 0.29) is 3.91 Å². The maximum atomic E-state index is 10.7. The van der Waals surface area contributed by atoms with E-state index in [9.17, 15) is 9.59 Å². The number of aldehydes is 1. The largest absolute Gasteiger partial charge is 0.338 e. The van der Waals surface area contributed by atoms with Gasteiger partial charge in [-0.25, -0.2) is 0 Å². The molecule has 1 amide bonds. The van der Waals surface area contributed by atoms with Crippen molar-refractivity contribution in [3.8, 4) is 0 Å². The van der Waals surface area contributed by atoms with E-state index in [0.29, 0.717) is 6.42 Å². The van der Waals surface area contributed by atoms with Crippen LogP contribution in [0.3, 0.4) is 0 Å². The fourth-order valence-corrected chi connectivity index (χ4v) is 1.55. The van der Waals surface area contributed by atoms with Gasteiger partial charge in [-0.3, -0.25) is 4.79 Å². The van der Waals surface area contributed by atoms with Crippen LogP contribution in [0.4, 0.5) is 4.79 Å². The summed E-state index contributed by atoms with van der Waals surface area (Å²) in [4.78, 5) is 21.3. The van der Waals surface area contributed by atoms with Gasteiger partial charge >= 0.3 is 0 Å². The minimum Gasteiger partial charge on any atom is -0.338 e. The van der Waals surface area contributed by atoms with Crippen LogP contribution in [-0.2, 0) is 11.2 Å². The number of carbonyl (C=O) groups excluding carboxylic acids is 2. The zero-order valence-corrected chi connectivity index (χ0v) is 9.60. The highest BCUT2D eigenvalue weighted by molar-refractivity contribution is 14.1. The molecule has 1 aromatic carbocycles. The summed E-state index contributed by atoms with van der Waals surface area (Å²) in [6, 6.07) is 9.15. The second-order valence-corrected chi connectivity index (χ2v) is 3.83. The van der Waals surface area contributed by atoms with Gasteiger partial charge in [0.15, 0.2) is 0 Å². The van der Waals surface area contributed by atoms with Gasteiger partial charge in [0.25, 0.3) is 3.91 Å². The van der Waals surface area contributed by atoms with Crippen LogP contribution in [0.25, 0.3) is 0 Å². The summed E-state index contributed by atoms with van der Waals surface area (Å²) >= 11 is 1.61. The summed E-state index contributed by atoms with van der Waals surface area (Å²) in [5.41, 5.74) is 1.04. The molecule has 0 radical (unpaired) electrons. The number of hydrogen-bond acceptors (Lipinski definition) is 2. The lowest BCUT2D eigenvalue weighted by atomic mass is 10.1. The number of benzene rings is 1. The molecule has 0 spiro atoms. The fourth-order valence-electron chi connectivity index (χ4n) is 1.15. The average Bonchev–Trinajstić information content (AvgIpc) is 2.17. The summed E-state index contributed by atoms with van der Waals surface area (Å²) in [5.74, 6) is 0. The first-order valence-electron chi connectivity index (χ1n) is 4.17. The van der Waals surface area contributed by atoms with Gasteiger partial charge < -0.3 is 10.1 Å². The van der Waals surface area contributed by atoms with E-state index in [1.165, 1.54) is 0 Å². The van der Waals surface area contributed by atoms with E-state index in [1.54, 1.807) is 22.6 Å². The molecule has 1 aromatic rings. The molecule has 3 nitrogen and oxygen atoms in total. The molecule has 1 atom stereocenters. The summed E-state index contributed by atoms with van der Waals surface area (Å²) in [6.45, 7) is 0. The molecule has 0 fully saturated rings. The van der Waals surface area contributed by atoms with Crippen molar-refractivity contribution in [1.29, 1.82) is 0 Å². The van der Waals surface area contributed by atoms with Crippen molar-refractivity contribution in [3.63, 3.8) is 0 Å². The Balaban J connectivity index is 2.57. The van der Waals surface area contributed by atoms with E-state index < -0.39 is 6.04 Å². The number of nitrogens with one attached hydrogen (secondary N) is 1. The van der Waals surface area contributed by atoms with Crippen molar-refractivity contribution < 1.29 is 9.59 Å². The van der Waals surface area contributed by atoms with Crippen LogP contribution in [0.15, 0.2) is 30.3 Å².